The summed E-state index contributed by atoms with van der Waals surface area (Å²) in [4.78, 5) is 17.1. The lowest BCUT2D eigenvalue weighted by Crippen LogP contribution is -2.26. The number of nitrogens with one attached hydrogen (secondary N) is 1. The summed E-state index contributed by atoms with van der Waals surface area (Å²) in [6.07, 6.45) is 0.824. The molecule has 0 radical (unpaired) electrons. The number of amides is 1. The summed E-state index contributed by atoms with van der Waals surface area (Å²) in [5.74, 6) is 0.659. The number of nitrogens with zero attached hydrogens (tertiary/aromatic N) is 3. The molecule has 0 aliphatic heterocycles. The number of rotatable bonds is 6. The monoisotopic (exact) mass is 352 g/mol. The molecule has 136 valence electrons. The summed E-state index contributed by atoms with van der Waals surface area (Å²) >= 11 is 0. The highest BCUT2D eigenvalue weighted by atomic mass is 16.5. The van der Waals surface area contributed by atoms with Gasteiger partial charge in [-0.15, -0.1) is 0 Å². The first-order valence-corrected chi connectivity index (χ1v) is 8.72. The van der Waals surface area contributed by atoms with E-state index in [2.05, 4.69) is 21.5 Å². The van der Waals surface area contributed by atoms with Crippen molar-refractivity contribution in [2.75, 3.05) is 13.7 Å². The molecular weight excluding hydrogens is 328 g/mol. The lowest BCUT2D eigenvalue weighted by Gasteiger charge is -2.10. The maximum absolute atomic E-state index is 12.5. The number of fused-ring (bicyclic) bond motifs is 1. The highest BCUT2D eigenvalue weighted by Gasteiger charge is 2.12. The third-order valence-corrected chi connectivity index (χ3v) is 4.40. The molecule has 0 unspecified atom stereocenters. The van der Waals surface area contributed by atoms with Gasteiger partial charge in [-0.1, -0.05) is 0 Å². The molecule has 0 aliphatic carbocycles. The Hall–Kier alpha value is -2.89. The predicted octanol–water partition coefficient (Wildman–Crippen LogP) is 3.19. The van der Waals surface area contributed by atoms with Gasteiger partial charge >= 0.3 is 0 Å². The van der Waals surface area contributed by atoms with E-state index < -0.39 is 0 Å². The zero-order chi connectivity index (χ0) is 18.7. The minimum Gasteiger partial charge on any atom is -0.497 e. The van der Waals surface area contributed by atoms with Crippen LogP contribution in [0.5, 0.6) is 5.75 Å². The van der Waals surface area contributed by atoms with Crippen molar-refractivity contribution in [3.8, 4) is 5.75 Å². The molecule has 2 aromatic heterocycles. The summed E-state index contributed by atoms with van der Waals surface area (Å²) < 4.78 is 7.20. The third-order valence-electron chi connectivity index (χ3n) is 4.40. The van der Waals surface area contributed by atoms with Crippen LogP contribution in [0.25, 0.3) is 10.9 Å². The van der Waals surface area contributed by atoms with E-state index >= 15 is 0 Å². The molecular formula is C20H24N4O2. The minimum atomic E-state index is -0.0962. The van der Waals surface area contributed by atoms with Crippen molar-refractivity contribution in [1.29, 1.82) is 0 Å². The van der Waals surface area contributed by atoms with Crippen LogP contribution in [0, 0.1) is 20.8 Å². The number of benzene rings is 1. The van der Waals surface area contributed by atoms with Crippen molar-refractivity contribution in [2.24, 2.45) is 0 Å². The molecule has 26 heavy (non-hydrogen) atoms. The Labute approximate surface area is 153 Å². The lowest BCUT2D eigenvalue weighted by molar-refractivity contribution is 0.0951. The Morgan fingerprint density at radius 2 is 2.00 bits per heavy atom. The molecule has 0 aliphatic rings. The second kappa shape index (κ2) is 7.56. The minimum absolute atomic E-state index is 0.0962. The van der Waals surface area contributed by atoms with Crippen molar-refractivity contribution < 1.29 is 9.53 Å². The number of aromatic nitrogens is 3. The van der Waals surface area contributed by atoms with E-state index in [0.717, 1.165) is 41.0 Å². The summed E-state index contributed by atoms with van der Waals surface area (Å²) in [7, 11) is 1.63. The van der Waals surface area contributed by atoms with Gasteiger partial charge in [0.05, 0.1) is 29.6 Å². The fourth-order valence-electron chi connectivity index (χ4n) is 3.03. The molecule has 0 saturated carbocycles. The number of pyridine rings is 1. The SMILES string of the molecule is COc1ccc2cc(C(=O)NCCCn3nc(C)cc3C)c(C)nc2c1. The second-order valence-electron chi connectivity index (χ2n) is 6.44. The predicted molar refractivity (Wildman–Crippen MR) is 102 cm³/mol. The van der Waals surface area contributed by atoms with Crippen LogP contribution in [0.4, 0.5) is 0 Å². The molecule has 0 atom stereocenters. The zero-order valence-electron chi connectivity index (χ0n) is 15.7. The van der Waals surface area contributed by atoms with E-state index in [1.165, 1.54) is 0 Å². The lowest BCUT2D eigenvalue weighted by atomic mass is 10.1. The molecule has 0 spiro atoms. The molecule has 1 N–H and O–H groups in total. The first kappa shape index (κ1) is 17.9. The standard InChI is InChI=1S/C20H24N4O2/c1-13-10-14(2)24(23-13)9-5-8-21-20(25)18-11-16-6-7-17(26-4)12-19(16)22-15(18)3/h6-7,10-12H,5,8-9H2,1-4H3,(H,21,25). The van der Waals surface area contributed by atoms with Crippen molar-refractivity contribution in [3.05, 3.63) is 53.0 Å². The van der Waals surface area contributed by atoms with E-state index in [0.29, 0.717) is 17.8 Å². The number of ether oxygens (including phenoxy) is 1. The van der Waals surface area contributed by atoms with E-state index in [1.807, 2.05) is 49.7 Å². The molecule has 2 heterocycles. The molecule has 3 aromatic rings. The van der Waals surface area contributed by atoms with Crippen LogP contribution in [0.3, 0.4) is 0 Å². The van der Waals surface area contributed by atoms with Gasteiger partial charge in [-0.05, 0) is 51.5 Å². The molecule has 3 rings (SSSR count). The Bertz CT molecular complexity index is 946. The van der Waals surface area contributed by atoms with Gasteiger partial charge in [0, 0.05) is 30.2 Å². The number of hydrogen-bond donors (Lipinski definition) is 1. The maximum atomic E-state index is 12.5. The van der Waals surface area contributed by atoms with Gasteiger partial charge in [-0.3, -0.25) is 14.5 Å². The average Bonchev–Trinajstić information content (AvgIpc) is 2.94. The van der Waals surface area contributed by atoms with Gasteiger partial charge in [-0.25, -0.2) is 0 Å². The summed E-state index contributed by atoms with van der Waals surface area (Å²) in [5.41, 5.74) is 4.29. The molecule has 0 bridgehead atoms. The second-order valence-corrected chi connectivity index (χ2v) is 6.44. The van der Waals surface area contributed by atoms with Gasteiger partial charge in [0.15, 0.2) is 0 Å². The Morgan fingerprint density at radius 1 is 1.19 bits per heavy atom. The van der Waals surface area contributed by atoms with E-state index in [1.54, 1.807) is 7.11 Å². The first-order chi connectivity index (χ1) is 12.5. The quantitative estimate of drug-likeness (QED) is 0.692. The Kier molecular flexibility index (Phi) is 5.21. The van der Waals surface area contributed by atoms with Crippen LogP contribution in [-0.4, -0.2) is 34.3 Å². The smallest absolute Gasteiger partial charge is 0.253 e. The van der Waals surface area contributed by atoms with Gasteiger partial charge in [0.25, 0.3) is 5.91 Å². The van der Waals surface area contributed by atoms with Crippen molar-refractivity contribution in [2.45, 2.75) is 33.7 Å². The molecule has 1 amide bonds. The fraction of sp³-hybridized carbons (Fsp3) is 0.350. The highest BCUT2D eigenvalue weighted by molar-refractivity contribution is 5.98. The van der Waals surface area contributed by atoms with E-state index in [4.69, 9.17) is 4.74 Å². The van der Waals surface area contributed by atoms with Gasteiger partial charge in [0.1, 0.15) is 5.75 Å². The number of methoxy groups -OCH3 is 1. The van der Waals surface area contributed by atoms with Gasteiger partial charge in [-0.2, -0.15) is 5.10 Å². The van der Waals surface area contributed by atoms with Gasteiger partial charge in [0.2, 0.25) is 0 Å². The zero-order valence-corrected chi connectivity index (χ0v) is 15.7. The summed E-state index contributed by atoms with van der Waals surface area (Å²) in [5, 5.41) is 8.33. The number of carbonyl (C=O) groups is 1. The number of aryl methyl sites for hydroxylation is 4. The van der Waals surface area contributed by atoms with Crippen LogP contribution >= 0.6 is 0 Å². The van der Waals surface area contributed by atoms with Crippen LogP contribution in [0.2, 0.25) is 0 Å². The topological polar surface area (TPSA) is 69.0 Å². The van der Waals surface area contributed by atoms with Crippen LogP contribution < -0.4 is 10.1 Å². The first-order valence-electron chi connectivity index (χ1n) is 8.72. The normalized spacial score (nSPS) is 10.9. The molecule has 1 aromatic carbocycles. The number of hydrogen-bond acceptors (Lipinski definition) is 4. The van der Waals surface area contributed by atoms with Crippen LogP contribution in [0.1, 0.15) is 33.9 Å². The largest absolute Gasteiger partial charge is 0.497 e. The van der Waals surface area contributed by atoms with Crippen molar-refractivity contribution in [3.63, 3.8) is 0 Å². The molecule has 6 nitrogen and oxygen atoms in total. The molecule has 0 saturated heterocycles. The summed E-state index contributed by atoms with van der Waals surface area (Å²) in [6, 6.07) is 9.60. The number of carbonyl (C=O) groups excluding carboxylic acids is 1. The van der Waals surface area contributed by atoms with E-state index in [9.17, 15) is 4.79 Å². The molecule has 6 heteroatoms. The highest BCUT2D eigenvalue weighted by Crippen LogP contribution is 2.21. The van der Waals surface area contributed by atoms with E-state index in [-0.39, 0.29) is 5.91 Å². The summed E-state index contributed by atoms with van der Waals surface area (Å²) in [6.45, 7) is 7.25. The van der Waals surface area contributed by atoms with Crippen molar-refractivity contribution in [1.82, 2.24) is 20.1 Å². The van der Waals surface area contributed by atoms with Crippen molar-refractivity contribution >= 4 is 16.8 Å². The Morgan fingerprint density at radius 3 is 2.69 bits per heavy atom. The van der Waals surface area contributed by atoms with Crippen LogP contribution in [-0.2, 0) is 6.54 Å². The molecule has 0 fully saturated rings. The fourth-order valence-corrected chi connectivity index (χ4v) is 3.03. The third kappa shape index (κ3) is 3.85. The van der Waals surface area contributed by atoms with Crippen LogP contribution in [0.15, 0.2) is 30.3 Å². The Balaban J connectivity index is 1.64. The maximum Gasteiger partial charge on any atom is 0.253 e. The average molecular weight is 352 g/mol. The van der Waals surface area contributed by atoms with Gasteiger partial charge < -0.3 is 10.1 Å².